The molecule has 0 aromatic heterocycles. The van der Waals surface area contributed by atoms with E-state index in [1.807, 2.05) is 6.92 Å². The van der Waals surface area contributed by atoms with E-state index in [1.165, 1.54) is 24.3 Å². The number of benzene rings is 1. The number of nitrogens with zero attached hydrogens (tertiary/aromatic N) is 1. The van der Waals surface area contributed by atoms with E-state index in [2.05, 4.69) is 5.32 Å². The first-order valence-electron chi connectivity index (χ1n) is 6.92. The van der Waals surface area contributed by atoms with Gasteiger partial charge in [0.15, 0.2) is 0 Å². The third-order valence-corrected chi connectivity index (χ3v) is 6.39. The van der Waals surface area contributed by atoms with Crippen molar-refractivity contribution in [2.75, 3.05) is 19.6 Å². The Morgan fingerprint density at radius 3 is 2.65 bits per heavy atom. The largest absolute Gasteiger partial charge is 0.316 e. The van der Waals surface area contributed by atoms with Gasteiger partial charge in [-0.25, -0.2) is 12.8 Å². The zero-order valence-electron chi connectivity index (χ0n) is 11.4. The molecule has 0 bridgehead atoms. The number of halogens is 1. The van der Waals surface area contributed by atoms with Gasteiger partial charge in [-0.1, -0.05) is 12.1 Å². The second-order valence-corrected chi connectivity index (χ2v) is 7.70. The van der Waals surface area contributed by atoms with Crippen LogP contribution in [0.3, 0.4) is 0 Å². The highest BCUT2D eigenvalue weighted by molar-refractivity contribution is 7.88. The lowest BCUT2D eigenvalue weighted by atomic mass is 9.95. The van der Waals surface area contributed by atoms with Gasteiger partial charge in [-0.2, -0.15) is 4.31 Å². The molecule has 1 N–H and O–H groups in total. The molecule has 20 heavy (non-hydrogen) atoms. The van der Waals surface area contributed by atoms with Crippen molar-refractivity contribution < 1.29 is 12.8 Å². The summed E-state index contributed by atoms with van der Waals surface area (Å²) in [5.74, 6) is 0.442. The highest BCUT2D eigenvalue weighted by atomic mass is 32.2. The lowest BCUT2D eigenvalue weighted by molar-refractivity contribution is 0.360. The van der Waals surface area contributed by atoms with E-state index >= 15 is 0 Å². The number of nitrogens with one attached hydrogen (secondary N) is 1. The van der Waals surface area contributed by atoms with Gasteiger partial charge in [0.25, 0.3) is 0 Å². The summed E-state index contributed by atoms with van der Waals surface area (Å²) < 4.78 is 39.6. The van der Waals surface area contributed by atoms with E-state index in [1.54, 1.807) is 4.31 Å². The van der Waals surface area contributed by atoms with E-state index in [-0.39, 0.29) is 17.6 Å². The fourth-order valence-corrected chi connectivity index (χ4v) is 5.23. The van der Waals surface area contributed by atoms with Gasteiger partial charge in [0.2, 0.25) is 10.0 Å². The Morgan fingerprint density at radius 1 is 1.30 bits per heavy atom. The van der Waals surface area contributed by atoms with E-state index in [4.69, 9.17) is 0 Å². The highest BCUT2D eigenvalue weighted by Crippen LogP contribution is 2.34. The molecule has 2 heterocycles. The summed E-state index contributed by atoms with van der Waals surface area (Å²) in [4.78, 5) is 0. The molecule has 3 unspecified atom stereocenters. The van der Waals surface area contributed by atoms with Crippen molar-refractivity contribution in [3.8, 4) is 0 Å². The minimum absolute atomic E-state index is 0.0421. The highest BCUT2D eigenvalue weighted by Gasteiger charge is 2.46. The molecule has 0 amide bonds. The average Bonchev–Trinajstić information content (AvgIpc) is 2.96. The van der Waals surface area contributed by atoms with Crippen LogP contribution in [-0.4, -0.2) is 38.4 Å². The van der Waals surface area contributed by atoms with Crippen LogP contribution >= 0.6 is 0 Å². The van der Waals surface area contributed by atoms with Gasteiger partial charge in [0.05, 0.1) is 5.75 Å². The average molecular weight is 298 g/mol. The molecular formula is C14H19FN2O2S. The Hall–Kier alpha value is -0.980. The smallest absolute Gasteiger partial charge is 0.218 e. The van der Waals surface area contributed by atoms with E-state index < -0.39 is 10.0 Å². The van der Waals surface area contributed by atoms with Gasteiger partial charge >= 0.3 is 0 Å². The monoisotopic (exact) mass is 298 g/mol. The summed E-state index contributed by atoms with van der Waals surface area (Å²) in [5, 5.41) is 3.32. The minimum Gasteiger partial charge on any atom is -0.316 e. The maximum Gasteiger partial charge on any atom is 0.218 e. The van der Waals surface area contributed by atoms with Crippen LogP contribution in [0.15, 0.2) is 24.3 Å². The molecule has 1 aromatic rings. The minimum atomic E-state index is -3.33. The molecule has 110 valence electrons. The van der Waals surface area contributed by atoms with Gasteiger partial charge in [-0.05, 0) is 49.5 Å². The molecule has 2 aliphatic heterocycles. The van der Waals surface area contributed by atoms with Crippen molar-refractivity contribution in [3.63, 3.8) is 0 Å². The first-order chi connectivity index (χ1) is 9.47. The molecule has 0 radical (unpaired) electrons. The number of sulfonamides is 1. The van der Waals surface area contributed by atoms with E-state index in [0.717, 1.165) is 13.1 Å². The molecule has 2 fully saturated rings. The van der Waals surface area contributed by atoms with Crippen LogP contribution in [0.25, 0.3) is 0 Å². The van der Waals surface area contributed by atoms with Crippen LogP contribution in [-0.2, 0) is 15.8 Å². The van der Waals surface area contributed by atoms with Gasteiger partial charge < -0.3 is 5.32 Å². The predicted molar refractivity (Wildman–Crippen MR) is 75.0 cm³/mol. The van der Waals surface area contributed by atoms with Crippen molar-refractivity contribution in [2.24, 2.45) is 11.8 Å². The number of rotatable bonds is 3. The topological polar surface area (TPSA) is 49.4 Å². The first-order valence-corrected chi connectivity index (χ1v) is 8.53. The third-order valence-electron chi connectivity index (χ3n) is 4.50. The SMILES string of the molecule is CC1C2CNCC2CN1S(=O)(=O)Cc1ccc(F)cc1. The van der Waals surface area contributed by atoms with Gasteiger partial charge in [-0.3, -0.25) is 0 Å². The normalized spacial score (nSPS) is 30.6. The summed E-state index contributed by atoms with van der Waals surface area (Å²) in [6.45, 7) is 4.38. The van der Waals surface area contributed by atoms with Crippen LogP contribution < -0.4 is 5.32 Å². The summed E-state index contributed by atoms with van der Waals surface area (Å²) in [5.41, 5.74) is 0.633. The Kier molecular flexibility index (Phi) is 3.56. The summed E-state index contributed by atoms with van der Waals surface area (Å²) in [6.07, 6.45) is 0. The van der Waals surface area contributed by atoms with Crippen molar-refractivity contribution in [1.82, 2.24) is 9.62 Å². The first kappa shape index (κ1) is 14.0. The lowest BCUT2D eigenvalue weighted by Gasteiger charge is -2.23. The van der Waals surface area contributed by atoms with E-state index in [9.17, 15) is 12.8 Å². The Morgan fingerprint density at radius 2 is 2.00 bits per heavy atom. The van der Waals surface area contributed by atoms with Crippen LogP contribution in [0, 0.1) is 17.7 Å². The van der Waals surface area contributed by atoms with Crippen LogP contribution in [0.1, 0.15) is 12.5 Å². The third kappa shape index (κ3) is 2.47. The van der Waals surface area contributed by atoms with Gasteiger partial charge in [0, 0.05) is 12.6 Å². The van der Waals surface area contributed by atoms with E-state index in [0.29, 0.717) is 23.9 Å². The maximum absolute atomic E-state index is 12.9. The van der Waals surface area contributed by atoms with Crippen LogP contribution in [0.5, 0.6) is 0 Å². The standard InChI is InChI=1S/C14H19FN2O2S/c1-10-14-7-16-6-12(14)8-17(10)20(18,19)9-11-2-4-13(15)5-3-11/h2-5,10,12,14,16H,6-9H2,1H3. The lowest BCUT2D eigenvalue weighted by Crippen LogP contribution is -2.38. The van der Waals surface area contributed by atoms with Crippen molar-refractivity contribution in [3.05, 3.63) is 35.6 Å². The van der Waals surface area contributed by atoms with Gasteiger partial charge in [0.1, 0.15) is 5.82 Å². The molecule has 0 aliphatic carbocycles. The predicted octanol–water partition coefficient (Wildman–Crippen LogP) is 1.20. The molecular weight excluding hydrogens is 279 g/mol. The number of fused-ring (bicyclic) bond motifs is 1. The summed E-state index contributed by atoms with van der Waals surface area (Å²) in [6, 6.07) is 5.72. The molecule has 3 atom stereocenters. The quantitative estimate of drug-likeness (QED) is 0.912. The zero-order valence-corrected chi connectivity index (χ0v) is 12.2. The Balaban J connectivity index is 1.77. The van der Waals surface area contributed by atoms with Crippen molar-refractivity contribution in [1.29, 1.82) is 0 Å². The fraction of sp³-hybridized carbons (Fsp3) is 0.571. The molecule has 0 spiro atoms. The molecule has 1 aromatic carbocycles. The molecule has 2 aliphatic rings. The van der Waals surface area contributed by atoms with Crippen LogP contribution in [0.2, 0.25) is 0 Å². The molecule has 4 nitrogen and oxygen atoms in total. The zero-order chi connectivity index (χ0) is 14.3. The molecule has 0 saturated carbocycles. The summed E-state index contributed by atoms with van der Waals surface area (Å²) >= 11 is 0. The van der Waals surface area contributed by atoms with Crippen molar-refractivity contribution >= 4 is 10.0 Å². The summed E-state index contributed by atoms with van der Waals surface area (Å²) in [7, 11) is -3.33. The Labute approximate surface area is 119 Å². The second-order valence-electron chi connectivity index (χ2n) is 5.78. The van der Waals surface area contributed by atoms with Gasteiger partial charge in [-0.15, -0.1) is 0 Å². The van der Waals surface area contributed by atoms with Crippen LogP contribution in [0.4, 0.5) is 4.39 Å². The molecule has 3 rings (SSSR count). The van der Waals surface area contributed by atoms with Crippen molar-refractivity contribution in [2.45, 2.75) is 18.7 Å². The maximum atomic E-state index is 12.9. The molecule has 2 saturated heterocycles. The second kappa shape index (κ2) is 5.09. The fourth-order valence-electron chi connectivity index (χ4n) is 3.37. The molecule has 6 heteroatoms. The number of hydrogen-bond donors (Lipinski definition) is 1. The number of hydrogen-bond acceptors (Lipinski definition) is 3. The Bertz CT molecular complexity index is 588.